The molecule has 0 aliphatic carbocycles. The minimum Gasteiger partial charge on any atom is -0.372 e. The van der Waals surface area contributed by atoms with Gasteiger partial charge in [0.25, 0.3) is 0 Å². The molecule has 0 aromatic carbocycles. The van der Waals surface area contributed by atoms with E-state index in [9.17, 15) is 8.42 Å². The van der Waals surface area contributed by atoms with Gasteiger partial charge in [-0.2, -0.15) is 0 Å². The van der Waals surface area contributed by atoms with Crippen molar-refractivity contribution in [3.05, 3.63) is 17.3 Å². The highest BCUT2D eigenvalue weighted by Gasteiger charge is 2.18. The zero-order valence-electron chi connectivity index (χ0n) is 10.7. The summed E-state index contributed by atoms with van der Waals surface area (Å²) >= 11 is 5.92. The molecule has 1 rings (SSSR count). The van der Waals surface area contributed by atoms with E-state index in [-0.39, 0.29) is 16.0 Å². The first-order valence-corrected chi connectivity index (χ1v) is 7.62. The summed E-state index contributed by atoms with van der Waals surface area (Å²) < 4.78 is 26.7. The van der Waals surface area contributed by atoms with Crippen LogP contribution in [0.15, 0.2) is 17.2 Å². The maximum atomic E-state index is 12.0. The van der Waals surface area contributed by atoms with E-state index in [1.165, 1.54) is 12.3 Å². The molecule has 0 amide bonds. The van der Waals surface area contributed by atoms with Crippen LogP contribution in [0.2, 0.25) is 5.02 Å². The van der Waals surface area contributed by atoms with Crippen molar-refractivity contribution >= 4 is 27.4 Å². The Morgan fingerprint density at radius 1 is 1.50 bits per heavy atom. The zero-order chi connectivity index (χ0) is 13.8. The lowest BCUT2D eigenvalue weighted by Crippen LogP contribution is -2.32. The lowest BCUT2D eigenvalue weighted by atomic mass is 10.2. The van der Waals surface area contributed by atoms with Crippen LogP contribution in [0.1, 0.15) is 26.7 Å². The summed E-state index contributed by atoms with van der Waals surface area (Å²) in [5.41, 5.74) is 0. The van der Waals surface area contributed by atoms with Crippen LogP contribution < -0.4 is 10.0 Å². The van der Waals surface area contributed by atoms with Crippen molar-refractivity contribution < 1.29 is 8.42 Å². The van der Waals surface area contributed by atoms with Gasteiger partial charge in [-0.15, -0.1) is 0 Å². The largest absolute Gasteiger partial charge is 0.372 e. The van der Waals surface area contributed by atoms with E-state index in [0.29, 0.717) is 5.82 Å². The van der Waals surface area contributed by atoms with Gasteiger partial charge in [0, 0.05) is 19.3 Å². The minimum absolute atomic E-state index is 0.0782. The van der Waals surface area contributed by atoms with E-state index in [1.54, 1.807) is 7.05 Å². The zero-order valence-corrected chi connectivity index (χ0v) is 12.3. The summed E-state index contributed by atoms with van der Waals surface area (Å²) in [5, 5.41) is 3.06. The van der Waals surface area contributed by atoms with Crippen molar-refractivity contribution in [3.8, 4) is 0 Å². The number of nitrogens with zero attached hydrogens (tertiary/aromatic N) is 1. The third-order valence-electron chi connectivity index (χ3n) is 2.44. The normalized spacial score (nSPS) is 13.3. The molecule has 0 bridgehead atoms. The Hall–Kier alpha value is -0.850. The first kappa shape index (κ1) is 15.2. The Bertz CT molecular complexity index is 505. The molecule has 1 unspecified atom stereocenters. The summed E-state index contributed by atoms with van der Waals surface area (Å²) in [7, 11) is -1.88. The van der Waals surface area contributed by atoms with Gasteiger partial charge in [-0.25, -0.2) is 18.1 Å². The first-order valence-electron chi connectivity index (χ1n) is 5.76. The second-order valence-electron chi connectivity index (χ2n) is 4.06. The second kappa shape index (κ2) is 6.36. The van der Waals surface area contributed by atoms with Crippen LogP contribution in [0.3, 0.4) is 0 Å². The smallest absolute Gasteiger partial charge is 0.242 e. The molecule has 0 saturated heterocycles. The molecule has 7 heteroatoms. The fraction of sp³-hybridized carbons (Fsp3) is 0.545. The summed E-state index contributed by atoms with van der Waals surface area (Å²) in [6, 6.07) is 1.28. The Morgan fingerprint density at radius 3 is 2.67 bits per heavy atom. The van der Waals surface area contributed by atoms with Gasteiger partial charge >= 0.3 is 0 Å². The van der Waals surface area contributed by atoms with Crippen LogP contribution in [0, 0.1) is 0 Å². The van der Waals surface area contributed by atoms with Crippen LogP contribution in [0.25, 0.3) is 0 Å². The number of sulfonamides is 1. The highest BCUT2D eigenvalue weighted by molar-refractivity contribution is 7.89. The summed E-state index contributed by atoms with van der Waals surface area (Å²) in [6.45, 7) is 3.84. The van der Waals surface area contributed by atoms with Gasteiger partial charge in [0.2, 0.25) is 10.0 Å². The SMILES string of the molecule is CCCC(C)NS(=O)(=O)c1cnc(NC)c(Cl)c1. The van der Waals surface area contributed by atoms with Crippen molar-refractivity contribution in [2.45, 2.75) is 37.6 Å². The second-order valence-corrected chi connectivity index (χ2v) is 6.18. The molecule has 0 radical (unpaired) electrons. The molecule has 1 heterocycles. The van der Waals surface area contributed by atoms with Crippen molar-refractivity contribution in [1.82, 2.24) is 9.71 Å². The third-order valence-corrected chi connectivity index (χ3v) is 4.29. The molecule has 102 valence electrons. The number of nitrogens with one attached hydrogen (secondary N) is 2. The lowest BCUT2D eigenvalue weighted by Gasteiger charge is -2.13. The van der Waals surface area contributed by atoms with E-state index >= 15 is 0 Å². The van der Waals surface area contributed by atoms with Crippen molar-refractivity contribution in [3.63, 3.8) is 0 Å². The fourth-order valence-corrected chi connectivity index (χ4v) is 3.15. The molecule has 1 atom stereocenters. The minimum atomic E-state index is -3.55. The quantitative estimate of drug-likeness (QED) is 0.843. The molecule has 0 aliphatic heterocycles. The number of rotatable bonds is 6. The molecule has 1 aromatic rings. The number of anilines is 1. The van der Waals surface area contributed by atoms with Gasteiger partial charge < -0.3 is 5.32 Å². The van der Waals surface area contributed by atoms with Crippen LogP contribution in [-0.2, 0) is 10.0 Å². The monoisotopic (exact) mass is 291 g/mol. The van der Waals surface area contributed by atoms with Crippen LogP contribution in [-0.4, -0.2) is 26.5 Å². The number of halogens is 1. The van der Waals surface area contributed by atoms with Crippen molar-refractivity contribution in [2.75, 3.05) is 12.4 Å². The predicted molar refractivity (Wildman–Crippen MR) is 73.5 cm³/mol. The Kier molecular flexibility index (Phi) is 5.37. The highest BCUT2D eigenvalue weighted by Crippen LogP contribution is 2.22. The van der Waals surface area contributed by atoms with Crippen molar-refractivity contribution in [1.29, 1.82) is 0 Å². The summed E-state index contributed by atoms with van der Waals surface area (Å²) in [6.07, 6.45) is 3.00. The van der Waals surface area contributed by atoms with E-state index in [1.807, 2.05) is 13.8 Å². The van der Waals surface area contributed by atoms with Gasteiger partial charge in [0.1, 0.15) is 10.7 Å². The van der Waals surface area contributed by atoms with Gasteiger partial charge in [0.05, 0.1) is 5.02 Å². The van der Waals surface area contributed by atoms with Crippen molar-refractivity contribution in [2.24, 2.45) is 0 Å². The average Bonchev–Trinajstić information content (AvgIpc) is 2.28. The topological polar surface area (TPSA) is 71.1 Å². The number of hydrogen-bond donors (Lipinski definition) is 2. The number of aromatic nitrogens is 1. The Labute approximate surface area is 113 Å². The third kappa shape index (κ3) is 3.83. The van der Waals surface area contributed by atoms with Gasteiger partial charge in [-0.1, -0.05) is 24.9 Å². The first-order chi connectivity index (χ1) is 8.40. The highest BCUT2D eigenvalue weighted by atomic mass is 35.5. The van der Waals surface area contributed by atoms with Gasteiger partial charge in [-0.05, 0) is 19.4 Å². The molecular formula is C11H18ClN3O2S. The van der Waals surface area contributed by atoms with Gasteiger partial charge in [0.15, 0.2) is 0 Å². The standard InChI is InChI=1S/C11H18ClN3O2S/c1-4-5-8(2)15-18(16,17)9-6-10(12)11(13-3)14-7-9/h6-8,15H,4-5H2,1-3H3,(H,13,14). The van der Waals surface area contributed by atoms with Crippen LogP contribution in [0.4, 0.5) is 5.82 Å². The molecule has 0 aliphatic rings. The summed E-state index contributed by atoms with van der Waals surface area (Å²) in [4.78, 5) is 4.03. The van der Waals surface area contributed by atoms with E-state index in [2.05, 4.69) is 15.0 Å². The molecule has 0 fully saturated rings. The van der Waals surface area contributed by atoms with E-state index in [4.69, 9.17) is 11.6 Å². The molecule has 0 spiro atoms. The molecule has 0 saturated carbocycles. The van der Waals surface area contributed by atoms with E-state index in [0.717, 1.165) is 12.8 Å². The van der Waals surface area contributed by atoms with Crippen LogP contribution in [0.5, 0.6) is 0 Å². The van der Waals surface area contributed by atoms with Crippen LogP contribution >= 0.6 is 11.6 Å². The predicted octanol–water partition coefficient (Wildman–Crippen LogP) is 2.24. The Morgan fingerprint density at radius 2 is 2.17 bits per heavy atom. The fourth-order valence-electron chi connectivity index (χ4n) is 1.58. The maximum Gasteiger partial charge on any atom is 0.242 e. The molecule has 2 N–H and O–H groups in total. The lowest BCUT2D eigenvalue weighted by molar-refractivity contribution is 0.543. The number of pyridine rings is 1. The summed E-state index contributed by atoms with van der Waals surface area (Å²) in [5.74, 6) is 0.456. The molecule has 1 aromatic heterocycles. The maximum absolute atomic E-state index is 12.0. The molecule has 18 heavy (non-hydrogen) atoms. The number of hydrogen-bond acceptors (Lipinski definition) is 4. The molecule has 5 nitrogen and oxygen atoms in total. The molecular weight excluding hydrogens is 274 g/mol. The average molecular weight is 292 g/mol. The van der Waals surface area contributed by atoms with E-state index < -0.39 is 10.0 Å². The Balaban J connectivity index is 2.95. The van der Waals surface area contributed by atoms with Gasteiger partial charge in [-0.3, -0.25) is 0 Å².